The fraction of sp³-hybridized carbons (Fsp3) is 0.474. The number of rotatable bonds is 5. The average molecular weight is 326 g/mol. The number of nitrogens with two attached hydrogens (primary N) is 1. The summed E-state index contributed by atoms with van der Waals surface area (Å²) in [4.78, 5) is 12.4. The maximum absolute atomic E-state index is 12.4. The van der Waals surface area contributed by atoms with Gasteiger partial charge in [0, 0.05) is 17.8 Å². The summed E-state index contributed by atoms with van der Waals surface area (Å²) >= 11 is 0. The normalized spacial score (nSPS) is 16.3. The van der Waals surface area contributed by atoms with Gasteiger partial charge in [0.2, 0.25) is 5.91 Å². The predicted octanol–water partition coefficient (Wildman–Crippen LogP) is 2.44. The van der Waals surface area contributed by atoms with E-state index in [1.54, 1.807) is 0 Å². The number of hydrogen-bond acceptors (Lipinski definition) is 3. The first-order valence-corrected chi connectivity index (χ1v) is 8.63. The van der Waals surface area contributed by atoms with Gasteiger partial charge >= 0.3 is 0 Å². The highest BCUT2D eigenvalue weighted by Gasteiger charge is 2.36. The molecular formula is C19H26N4O. The Morgan fingerprint density at radius 3 is 2.58 bits per heavy atom. The van der Waals surface area contributed by atoms with E-state index >= 15 is 0 Å². The molecule has 24 heavy (non-hydrogen) atoms. The van der Waals surface area contributed by atoms with Crippen molar-refractivity contribution in [2.45, 2.75) is 58.2 Å². The summed E-state index contributed by atoms with van der Waals surface area (Å²) in [6.45, 7) is 5.27. The fourth-order valence-corrected chi connectivity index (χ4v) is 3.48. The second-order valence-electron chi connectivity index (χ2n) is 6.84. The van der Waals surface area contributed by atoms with E-state index in [1.807, 2.05) is 29.8 Å². The first kappa shape index (κ1) is 16.7. The molecule has 0 radical (unpaired) electrons. The van der Waals surface area contributed by atoms with Crippen LogP contribution in [0.1, 0.15) is 48.2 Å². The van der Waals surface area contributed by atoms with E-state index in [0.717, 1.165) is 49.2 Å². The molecule has 1 aliphatic carbocycles. The molecule has 0 unspecified atom stereocenters. The summed E-state index contributed by atoms with van der Waals surface area (Å²) < 4.78 is 2.00. The van der Waals surface area contributed by atoms with Crippen LogP contribution in [0.2, 0.25) is 0 Å². The molecule has 5 nitrogen and oxygen atoms in total. The number of carbonyl (C=O) groups excluding carboxylic acids is 1. The molecule has 0 bridgehead atoms. The molecule has 1 aromatic carbocycles. The molecule has 0 atom stereocenters. The molecule has 1 amide bonds. The topological polar surface area (TPSA) is 72.9 Å². The van der Waals surface area contributed by atoms with Gasteiger partial charge in [-0.3, -0.25) is 9.48 Å². The van der Waals surface area contributed by atoms with Crippen molar-refractivity contribution in [3.8, 4) is 0 Å². The van der Waals surface area contributed by atoms with Gasteiger partial charge in [-0.1, -0.05) is 43.2 Å². The lowest BCUT2D eigenvalue weighted by Crippen LogP contribution is -2.51. The molecule has 1 fully saturated rings. The van der Waals surface area contributed by atoms with Crippen LogP contribution in [0.25, 0.3) is 0 Å². The van der Waals surface area contributed by atoms with Crippen LogP contribution in [0.4, 0.5) is 0 Å². The Labute approximate surface area is 143 Å². The van der Waals surface area contributed by atoms with E-state index < -0.39 is 5.54 Å². The van der Waals surface area contributed by atoms with Crippen molar-refractivity contribution in [1.82, 2.24) is 15.1 Å². The van der Waals surface area contributed by atoms with Crippen LogP contribution < -0.4 is 11.1 Å². The number of hydrogen-bond donors (Lipinski definition) is 2. The lowest BCUT2D eigenvalue weighted by atomic mass is 9.98. The largest absolute Gasteiger partial charge is 0.350 e. The van der Waals surface area contributed by atoms with Crippen molar-refractivity contribution in [3.63, 3.8) is 0 Å². The minimum Gasteiger partial charge on any atom is -0.350 e. The van der Waals surface area contributed by atoms with Crippen LogP contribution >= 0.6 is 0 Å². The lowest BCUT2D eigenvalue weighted by molar-refractivity contribution is -0.126. The molecule has 1 heterocycles. The number of aryl methyl sites for hydroxylation is 1. The van der Waals surface area contributed by atoms with Gasteiger partial charge in [-0.05, 0) is 32.3 Å². The number of amides is 1. The monoisotopic (exact) mass is 326 g/mol. The second kappa shape index (κ2) is 6.77. The molecule has 0 saturated heterocycles. The van der Waals surface area contributed by atoms with Gasteiger partial charge in [-0.2, -0.15) is 5.10 Å². The first-order valence-electron chi connectivity index (χ1n) is 8.63. The van der Waals surface area contributed by atoms with Gasteiger partial charge in [-0.15, -0.1) is 0 Å². The van der Waals surface area contributed by atoms with Crippen molar-refractivity contribution in [3.05, 3.63) is 52.8 Å². The molecule has 128 valence electrons. The van der Waals surface area contributed by atoms with Gasteiger partial charge in [0.1, 0.15) is 0 Å². The molecule has 1 aliphatic rings. The maximum Gasteiger partial charge on any atom is 0.240 e. The van der Waals surface area contributed by atoms with Gasteiger partial charge in [-0.25, -0.2) is 0 Å². The summed E-state index contributed by atoms with van der Waals surface area (Å²) in [5, 5.41) is 7.66. The molecule has 3 rings (SSSR count). The fourth-order valence-electron chi connectivity index (χ4n) is 3.48. The first-order chi connectivity index (χ1) is 11.5. The average Bonchev–Trinajstić information content (AvgIpc) is 3.12. The van der Waals surface area contributed by atoms with Gasteiger partial charge < -0.3 is 11.1 Å². The van der Waals surface area contributed by atoms with E-state index in [2.05, 4.69) is 29.5 Å². The molecule has 5 heteroatoms. The Balaban J connectivity index is 1.69. The highest BCUT2D eigenvalue weighted by molar-refractivity contribution is 5.86. The molecule has 0 spiro atoms. The SMILES string of the molecule is Cc1nn(Cc2ccccc2)c(C)c1CNC(=O)C1(N)CCCC1. The van der Waals surface area contributed by atoms with Crippen molar-refractivity contribution >= 4 is 5.91 Å². The van der Waals surface area contributed by atoms with Crippen LogP contribution in [0.3, 0.4) is 0 Å². The van der Waals surface area contributed by atoms with Crippen molar-refractivity contribution in [2.24, 2.45) is 5.73 Å². The number of aromatic nitrogens is 2. The van der Waals surface area contributed by atoms with Crippen LogP contribution in [-0.2, 0) is 17.9 Å². The zero-order valence-electron chi connectivity index (χ0n) is 14.5. The Bertz CT molecular complexity index is 714. The summed E-state index contributed by atoms with van der Waals surface area (Å²) in [7, 11) is 0. The highest BCUT2D eigenvalue weighted by atomic mass is 16.2. The Kier molecular flexibility index (Phi) is 4.71. The molecule has 1 aromatic heterocycles. The highest BCUT2D eigenvalue weighted by Crippen LogP contribution is 2.27. The van der Waals surface area contributed by atoms with Crippen LogP contribution in [0, 0.1) is 13.8 Å². The third-order valence-electron chi connectivity index (χ3n) is 5.08. The predicted molar refractivity (Wildman–Crippen MR) is 94.5 cm³/mol. The van der Waals surface area contributed by atoms with Crippen molar-refractivity contribution in [2.75, 3.05) is 0 Å². The zero-order valence-corrected chi connectivity index (χ0v) is 14.5. The Morgan fingerprint density at radius 2 is 1.92 bits per heavy atom. The number of nitrogens with one attached hydrogen (secondary N) is 1. The van der Waals surface area contributed by atoms with Crippen molar-refractivity contribution < 1.29 is 4.79 Å². The van der Waals surface area contributed by atoms with Gasteiger partial charge in [0.15, 0.2) is 0 Å². The van der Waals surface area contributed by atoms with E-state index in [9.17, 15) is 4.79 Å². The summed E-state index contributed by atoms with van der Waals surface area (Å²) in [5.41, 5.74) is 9.89. The standard InChI is InChI=1S/C19H26N4O/c1-14-17(12-21-18(24)19(20)10-6-7-11-19)15(2)23(22-14)13-16-8-4-3-5-9-16/h3-5,8-9H,6-7,10-13,20H2,1-2H3,(H,21,24). The second-order valence-corrected chi connectivity index (χ2v) is 6.84. The zero-order chi connectivity index (χ0) is 17.2. The maximum atomic E-state index is 12.4. The third-order valence-corrected chi connectivity index (χ3v) is 5.08. The molecular weight excluding hydrogens is 300 g/mol. The third kappa shape index (κ3) is 3.36. The molecule has 0 aliphatic heterocycles. The minimum absolute atomic E-state index is 0.0328. The summed E-state index contributed by atoms with van der Waals surface area (Å²) in [6, 6.07) is 10.3. The Morgan fingerprint density at radius 1 is 1.25 bits per heavy atom. The Hall–Kier alpha value is -2.14. The molecule has 2 aromatic rings. The number of carbonyl (C=O) groups is 1. The van der Waals surface area contributed by atoms with Gasteiger partial charge in [0.05, 0.1) is 17.8 Å². The van der Waals surface area contributed by atoms with Gasteiger partial charge in [0.25, 0.3) is 0 Å². The number of benzene rings is 1. The van der Waals surface area contributed by atoms with E-state index in [-0.39, 0.29) is 5.91 Å². The quantitative estimate of drug-likeness (QED) is 0.886. The van der Waals surface area contributed by atoms with Crippen LogP contribution in [0.15, 0.2) is 30.3 Å². The smallest absolute Gasteiger partial charge is 0.240 e. The molecule has 1 saturated carbocycles. The van der Waals surface area contributed by atoms with E-state index in [4.69, 9.17) is 5.73 Å². The van der Waals surface area contributed by atoms with Crippen molar-refractivity contribution in [1.29, 1.82) is 0 Å². The lowest BCUT2D eigenvalue weighted by Gasteiger charge is -2.22. The summed E-state index contributed by atoms with van der Waals surface area (Å²) in [6.07, 6.45) is 3.64. The number of nitrogens with zero attached hydrogens (tertiary/aromatic N) is 2. The molecule has 3 N–H and O–H groups in total. The summed E-state index contributed by atoms with van der Waals surface area (Å²) in [5.74, 6) is -0.0328. The van der Waals surface area contributed by atoms with Crippen LogP contribution in [0.5, 0.6) is 0 Å². The minimum atomic E-state index is -0.679. The van der Waals surface area contributed by atoms with E-state index in [1.165, 1.54) is 5.56 Å². The van der Waals surface area contributed by atoms with Crippen LogP contribution in [-0.4, -0.2) is 21.2 Å². The van der Waals surface area contributed by atoms with E-state index in [0.29, 0.717) is 6.54 Å².